The van der Waals surface area contributed by atoms with E-state index >= 15 is 0 Å². The second kappa shape index (κ2) is 4.91. The Morgan fingerprint density at radius 2 is 2.21 bits per heavy atom. The monoisotopic (exact) mass is 233 g/mol. The van der Waals surface area contributed by atoms with Gasteiger partial charge in [0.25, 0.3) is 0 Å². The van der Waals surface area contributed by atoms with E-state index in [1.165, 1.54) is 11.3 Å². The molecule has 0 amide bonds. The zero-order chi connectivity index (χ0) is 10.6. The lowest BCUT2D eigenvalue weighted by molar-refractivity contribution is 0.553. The van der Waals surface area contributed by atoms with Crippen LogP contribution in [0.25, 0.3) is 0 Å². The molecule has 0 radical (unpaired) electrons. The Hall–Kier alpha value is -0.390. The third-order valence-electron chi connectivity index (χ3n) is 1.77. The second-order valence-corrected chi connectivity index (χ2v) is 6.45. The lowest BCUT2D eigenvalue weighted by atomic mass is 10.1. The van der Waals surface area contributed by atoms with Gasteiger partial charge in [-0.25, -0.2) is 13.1 Å². The molecule has 0 spiro atoms. The third-order valence-corrected chi connectivity index (χ3v) is 4.63. The number of thiophene rings is 1. The van der Waals surface area contributed by atoms with Crippen LogP contribution in [0.5, 0.6) is 0 Å². The summed E-state index contributed by atoms with van der Waals surface area (Å²) in [6, 6.07) is 3.35. The number of nitrogens with one attached hydrogen (secondary N) is 1. The Balaban J connectivity index is 2.52. The molecule has 0 aromatic carbocycles. The van der Waals surface area contributed by atoms with Crippen molar-refractivity contribution in [1.29, 1.82) is 0 Å². The molecule has 0 bridgehead atoms. The molecule has 1 aromatic heterocycles. The van der Waals surface area contributed by atoms with Gasteiger partial charge in [-0.05, 0) is 23.8 Å². The van der Waals surface area contributed by atoms with Gasteiger partial charge < -0.3 is 0 Å². The highest BCUT2D eigenvalue weighted by atomic mass is 32.2. The van der Waals surface area contributed by atoms with Crippen LogP contribution in [0.2, 0.25) is 0 Å². The number of hydrogen-bond donors (Lipinski definition) is 1. The van der Waals surface area contributed by atoms with Crippen molar-refractivity contribution >= 4 is 21.4 Å². The van der Waals surface area contributed by atoms with Crippen LogP contribution in [0.15, 0.2) is 21.7 Å². The molecule has 14 heavy (non-hydrogen) atoms. The minimum Gasteiger partial charge on any atom is -0.210 e. The SMILES string of the molecule is CC(C)CCNS(=O)(=O)c1cccs1. The highest BCUT2D eigenvalue weighted by molar-refractivity contribution is 7.91. The maximum absolute atomic E-state index is 11.6. The van der Waals surface area contributed by atoms with Gasteiger partial charge in [-0.3, -0.25) is 0 Å². The van der Waals surface area contributed by atoms with E-state index in [1.54, 1.807) is 17.5 Å². The number of hydrogen-bond acceptors (Lipinski definition) is 3. The molecule has 5 heteroatoms. The summed E-state index contributed by atoms with van der Waals surface area (Å²) >= 11 is 1.24. The van der Waals surface area contributed by atoms with E-state index in [1.807, 2.05) is 0 Å². The Morgan fingerprint density at radius 3 is 2.71 bits per heavy atom. The topological polar surface area (TPSA) is 46.2 Å². The van der Waals surface area contributed by atoms with Crippen LogP contribution in [0.4, 0.5) is 0 Å². The summed E-state index contributed by atoms with van der Waals surface area (Å²) in [7, 11) is -3.24. The Labute approximate surface area is 89.2 Å². The summed E-state index contributed by atoms with van der Waals surface area (Å²) in [5.74, 6) is 0.515. The van der Waals surface area contributed by atoms with Crippen LogP contribution < -0.4 is 4.72 Å². The van der Waals surface area contributed by atoms with Crippen molar-refractivity contribution in [2.75, 3.05) is 6.54 Å². The molecular formula is C9H15NO2S2. The number of rotatable bonds is 5. The van der Waals surface area contributed by atoms with Gasteiger partial charge in [-0.15, -0.1) is 11.3 Å². The van der Waals surface area contributed by atoms with Crippen LogP contribution in [0.3, 0.4) is 0 Å². The summed E-state index contributed by atoms with van der Waals surface area (Å²) in [5.41, 5.74) is 0. The van der Waals surface area contributed by atoms with Crippen molar-refractivity contribution in [1.82, 2.24) is 4.72 Å². The first-order valence-electron chi connectivity index (χ1n) is 4.55. The van der Waals surface area contributed by atoms with E-state index in [9.17, 15) is 8.42 Å². The minimum atomic E-state index is -3.24. The zero-order valence-electron chi connectivity index (χ0n) is 8.36. The quantitative estimate of drug-likeness (QED) is 0.846. The van der Waals surface area contributed by atoms with Crippen LogP contribution in [0.1, 0.15) is 20.3 Å². The fourth-order valence-electron chi connectivity index (χ4n) is 0.969. The smallest absolute Gasteiger partial charge is 0.210 e. The molecule has 0 unspecified atom stereocenters. The van der Waals surface area contributed by atoms with Crippen LogP contribution >= 0.6 is 11.3 Å². The average Bonchev–Trinajstić information content (AvgIpc) is 2.54. The highest BCUT2D eigenvalue weighted by Gasteiger charge is 2.13. The molecule has 0 atom stereocenters. The predicted octanol–water partition coefficient (Wildman–Crippen LogP) is 2.07. The van der Waals surface area contributed by atoms with E-state index in [0.29, 0.717) is 16.7 Å². The molecule has 0 saturated heterocycles. The molecule has 0 aliphatic carbocycles. The molecule has 0 saturated carbocycles. The van der Waals surface area contributed by atoms with Crippen molar-refractivity contribution < 1.29 is 8.42 Å². The van der Waals surface area contributed by atoms with E-state index in [4.69, 9.17) is 0 Å². The van der Waals surface area contributed by atoms with Gasteiger partial charge in [0.2, 0.25) is 10.0 Å². The summed E-state index contributed by atoms with van der Waals surface area (Å²) in [6.07, 6.45) is 0.866. The van der Waals surface area contributed by atoms with Crippen molar-refractivity contribution in [3.8, 4) is 0 Å². The van der Waals surface area contributed by atoms with Gasteiger partial charge in [0.15, 0.2) is 0 Å². The van der Waals surface area contributed by atoms with Gasteiger partial charge in [0, 0.05) is 6.54 Å². The van der Waals surface area contributed by atoms with E-state index in [-0.39, 0.29) is 0 Å². The predicted molar refractivity (Wildman–Crippen MR) is 59.0 cm³/mol. The summed E-state index contributed by atoms with van der Waals surface area (Å²) in [4.78, 5) is 0. The van der Waals surface area contributed by atoms with Crippen molar-refractivity contribution in [3.63, 3.8) is 0 Å². The molecular weight excluding hydrogens is 218 g/mol. The maximum atomic E-state index is 11.6. The molecule has 80 valence electrons. The largest absolute Gasteiger partial charge is 0.250 e. The Bertz CT molecular complexity index is 354. The van der Waals surface area contributed by atoms with Crippen LogP contribution in [-0.4, -0.2) is 15.0 Å². The average molecular weight is 233 g/mol. The van der Waals surface area contributed by atoms with Crippen molar-refractivity contribution in [2.45, 2.75) is 24.5 Å². The molecule has 1 aromatic rings. The first kappa shape index (κ1) is 11.7. The van der Waals surface area contributed by atoms with E-state index < -0.39 is 10.0 Å². The van der Waals surface area contributed by atoms with Gasteiger partial charge >= 0.3 is 0 Å². The third kappa shape index (κ3) is 3.40. The molecule has 1 N–H and O–H groups in total. The van der Waals surface area contributed by atoms with Crippen LogP contribution in [0, 0.1) is 5.92 Å². The lowest BCUT2D eigenvalue weighted by Crippen LogP contribution is -2.24. The first-order chi connectivity index (χ1) is 6.52. The number of sulfonamides is 1. The Kier molecular flexibility index (Phi) is 4.10. The standard InChI is InChI=1S/C9H15NO2S2/c1-8(2)5-6-10-14(11,12)9-4-3-7-13-9/h3-4,7-8,10H,5-6H2,1-2H3. The molecule has 1 rings (SSSR count). The fourth-order valence-corrected chi connectivity index (χ4v) is 3.05. The zero-order valence-corrected chi connectivity index (χ0v) is 9.99. The van der Waals surface area contributed by atoms with Crippen molar-refractivity contribution in [2.24, 2.45) is 5.92 Å². The lowest BCUT2D eigenvalue weighted by Gasteiger charge is -2.06. The van der Waals surface area contributed by atoms with E-state index in [2.05, 4.69) is 18.6 Å². The minimum absolute atomic E-state index is 0.390. The molecule has 0 fully saturated rings. The van der Waals surface area contributed by atoms with Gasteiger partial charge in [-0.1, -0.05) is 19.9 Å². The normalized spacial score (nSPS) is 12.2. The Morgan fingerprint density at radius 1 is 1.50 bits per heavy atom. The summed E-state index contributed by atoms with van der Waals surface area (Å²) in [5, 5.41) is 1.76. The molecule has 0 aliphatic heterocycles. The maximum Gasteiger partial charge on any atom is 0.250 e. The highest BCUT2D eigenvalue weighted by Crippen LogP contribution is 2.15. The fraction of sp³-hybridized carbons (Fsp3) is 0.556. The summed E-state index contributed by atoms with van der Waals surface area (Å²) < 4.78 is 26.1. The molecule has 3 nitrogen and oxygen atoms in total. The van der Waals surface area contributed by atoms with Gasteiger partial charge in [0.1, 0.15) is 4.21 Å². The van der Waals surface area contributed by atoms with E-state index in [0.717, 1.165) is 6.42 Å². The van der Waals surface area contributed by atoms with Gasteiger partial charge in [-0.2, -0.15) is 0 Å². The molecule has 1 heterocycles. The van der Waals surface area contributed by atoms with Crippen LogP contribution in [-0.2, 0) is 10.0 Å². The molecule has 0 aliphatic rings. The summed E-state index contributed by atoms with van der Waals surface area (Å²) in [6.45, 7) is 4.65. The first-order valence-corrected chi connectivity index (χ1v) is 6.92. The van der Waals surface area contributed by atoms with Gasteiger partial charge in [0.05, 0.1) is 0 Å². The van der Waals surface area contributed by atoms with Crippen molar-refractivity contribution in [3.05, 3.63) is 17.5 Å². The second-order valence-electron chi connectivity index (χ2n) is 3.51.